The van der Waals surface area contributed by atoms with Gasteiger partial charge in [0.2, 0.25) is 0 Å². The van der Waals surface area contributed by atoms with Crippen LogP contribution in [0.1, 0.15) is 28.9 Å². The van der Waals surface area contributed by atoms with Gasteiger partial charge in [0, 0.05) is 6.54 Å². The number of benzene rings is 2. The van der Waals surface area contributed by atoms with Gasteiger partial charge in [0.1, 0.15) is 11.6 Å². The van der Waals surface area contributed by atoms with Crippen LogP contribution in [0.25, 0.3) is 0 Å². The molecule has 0 saturated carbocycles. The van der Waals surface area contributed by atoms with E-state index in [2.05, 4.69) is 5.32 Å². The zero-order chi connectivity index (χ0) is 15.9. The number of carbonyl (C=O) groups excluding carboxylic acids is 1. The van der Waals surface area contributed by atoms with Gasteiger partial charge in [0.15, 0.2) is 0 Å². The third-order valence-corrected chi connectivity index (χ3v) is 3.14. The number of nitrogens with one attached hydrogen (secondary N) is 1. The number of rotatable bonds is 6. The van der Waals surface area contributed by atoms with Gasteiger partial charge >= 0.3 is 0 Å². The summed E-state index contributed by atoms with van der Waals surface area (Å²) in [4.78, 5) is 12.2. The van der Waals surface area contributed by atoms with Gasteiger partial charge < -0.3 is 15.2 Å². The van der Waals surface area contributed by atoms with E-state index in [0.717, 1.165) is 0 Å². The first-order valence-electron chi connectivity index (χ1n) is 7.05. The molecular formula is C17H18FNO3. The van der Waals surface area contributed by atoms with Gasteiger partial charge in [0.05, 0.1) is 18.3 Å². The van der Waals surface area contributed by atoms with Crippen LogP contribution in [0.2, 0.25) is 0 Å². The van der Waals surface area contributed by atoms with E-state index >= 15 is 0 Å². The average molecular weight is 303 g/mol. The molecule has 2 N–H and O–H groups in total. The Morgan fingerprint density at radius 3 is 2.59 bits per heavy atom. The van der Waals surface area contributed by atoms with Crippen LogP contribution in [-0.4, -0.2) is 24.2 Å². The Morgan fingerprint density at radius 2 is 1.91 bits per heavy atom. The molecule has 1 amide bonds. The number of aliphatic hydroxyl groups excluding tert-OH is 1. The predicted molar refractivity (Wildman–Crippen MR) is 81.3 cm³/mol. The van der Waals surface area contributed by atoms with E-state index in [1.54, 1.807) is 24.3 Å². The predicted octanol–water partition coefficient (Wildman–Crippen LogP) is 2.69. The minimum Gasteiger partial charge on any atom is -0.493 e. The number of para-hydroxylation sites is 1. The first-order valence-corrected chi connectivity index (χ1v) is 7.05. The zero-order valence-electron chi connectivity index (χ0n) is 12.3. The van der Waals surface area contributed by atoms with Crippen molar-refractivity contribution in [3.8, 4) is 5.75 Å². The van der Waals surface area contributed by atoms with Crippen molar-refractivity contribution in [1.82, 2.24) is 5.32 Å². The van der Waals surface area contributed by atoms with Crippen LogP contribution < -0.4 is 10.1 Å². The van der Waals surface area contributed by atoms with E-state index in [-0.39, 0.29) is 18.3 Å². The lowest BCUT2D eigenvalue weighted by Gasteiger charge is -2.14. The Bertz CT molecular complexity index is 628. The highest BCUT2D eigenvalue weighted by Gasteiger charge is 2.14. The number of hydrogen-bond donors (Lipinski definition) is 2. The fourth-order valence-corrected chi connectivity index (χ4v) is 2.02. The highest BCUT2D eigenvalue weighted by molar-refractivity contribution is 5.96. The van der Waals surface area contributed by atoms with Gasteiger partial charge in [-0.25, -0.2) is 4.39 Å². The normalized spacial score (nSPS) is 11.8. The topological polar surface area (TPSA) is 58.6 Å². The Balaban J connectivity index is 1.99. The maximum Gasteiger partial charge on any atom is 0.255 e. The minimum atomic E-state index is -0.899. The maximum absolute atomic E-state index is 12.8. The molecule has 1 unspecified atom stereocenters. The highest BCUT2D eigenvalue weighted by Crippen LogP contribution is 2.18. The van der Waals surface area contributed by atoms with Gasteiger partial charge in [-0.2, -0.15) is 0 Å². The molecule has 0 bridgehead atoms. The number of hydrogen-bond acceptors (Lipinski definition) is 3. The highest BCUT2D eigenvalue weighted by atomic mass is 19.1. The third-order valence-electron chi connectivity index (χ3n) is 3.14. The lowest BCUT2D eigenvalue weighted by molar-refractivity contribution is 0.0912. The largest absolute Gasteiger partial charge is 0.493 e. The molecule has 0 radical (unpaired) electrons. The standard InChI is InChI=1S/C17H18FNO3/c1-2-22-16-6-4-3-5-14(16)17(21)19-11-15(20)12-7-9-13(18)10-8-12/h3-10,15,20H,2,11H2,1H3,(H,19,21). The smallest absolute Gasteiger partial charge is 0.255 e. The monoisotopic (exact) mass is 303 g/mol. The van der Waals surface area contributed by atoms with Crippen molar-refractivity contribution in [2.45, 2.75) is 13.0 Å². The first kappa shape index (κ1) is 16.0. The molecular weight excluding hydrogens is 285 g/mol. The SMILES string of the molecule is CCOc1ccccc1C(=O)NCC(O)c1ccc(F)cc1. The molecule has 0 aliphatic carbocycles. The fourth-order valence-electron chi connectivity index (χ4n) is 2.02. The van der Waals surface area contributed by atoms with E-state index in [1.165, 1.54) is 24.3 Å². The molecule has 116 valence electrons. The summed E-state index contributed by atoms with van der Waals surface area (Å²) in [5.41, 5.74) is 0.954. The van der Waals surface area contributed by atoms with E-state index < -0.39 is 6.10 Å². The van der Waals surface area contributed by atoms with Crippen LogP contribution >= 0.6 is 0 Å². The molecule has 4 nitrogen and oxygen atoms in total. The summed E-state index contributed by atoms with van der Waals surface area (Å²) in [7, 11) is 0. The Labute approximate surface area is 128 Å². The van der Waals surface area contributed by atoms with Crippen molar-refractivity contribution < 1.29 is 19.0 Å². The number of halogens is 1. The van der Waals surface area contributed by atoms with Gasteiger partial charge in [-0.3, -0.25) is 4.79 Å². The maximum atomic E-state index is 12.8. The molecule has 1 atom stereocenters. The van der Waals surface area contributed by atoms with Crippen LogP contribution in [0, 0.1) is 5.82 Å². The summed E-state index contributed by atoms with van der Waals surface area (Å²) in [5.74, 6) is -0.199. The van der Waals surface area contributed by atoms with Crippen molar-refractivity contribution >= 4 is 5.91 Å². The van der Waals surface area contributed by atoms with E-state index in [0.29, 0.717) is 23.5 Å². The van der Waals surface area contributed by atoms with E-state index in [9.17, 15) is 14.3 Å². The van der Waals surface area contributed by atoms with Crippen LogP contribution in [-0.2, 0) is 0 Å². The molecule has 0 aliphatic rings. The molecule has 2 aromatic carbocycles. The number of amides is 1. The molecule has 0 aliphatic heterocycles. The fraction of sp³-hybridized carbons (Fsp3) is 0.235. The molecule has 2 aromatic rings. The Kier molecular flexibility index (Phi) is 5.49. The van der Waals surface area contributed by atoms with Crippen LogP contribution in [0.3, 0.4) is 0 Å². The quantitative estimate of drug-likeness (QED) is 0.862. The molecule has 0 aromatic heterocycles. The van der Waals surface area contributed by atoms with Gasteiger partial charge in [-0.1, -0.05) is 24.3 Å². The Morgan fingerprint density at radius 1 is 1.23 bits per heavy atom. The van der Waals surface area contributed by atoms with Crippen LogP contribution in [0.15, 0.2) is 48.5 Å². The lowest BCUT2D eigenvalue weighted by Crippen LogP contribution is -2.28. The van der Waals surface area contributed by atoms with Crippen LogP contribution in [0.5, 0.6) is 5.75 Å². The van der Waals surface area contributed by atoms with Gasteiger partial charge in [-0.05, 0) is 36.8 Å². The molecule has 0 spiro atoms. The molecule has 0 saturated heterocycles. The summed E-state index contributed by atoms with van der Waals surface area (Å²) in [6.45, 7) is 2.33. The lowest BCUT2D eigenvalue weighted by atomic mass is 10.1. The molecule has 22 heavy (non-hydrogen) atoms. The van der Waals surface area contributed by atoms with Gasteiger partial charge in [0.25, 0.3) is 5.91 Å². The van der Waals surface area contributed by atoms with Crippen molar-refractivity contribution in [3.63, 3.8) is 0 Å². The van der Waals surface area contributed by atoms with Gasteiger partial charge in [-0.15, -0.1) is 0 Å². The van der Waals surface area contributed by atoms with E-state index in [1.807, 2.05) is 6.92 Å². The van der Waals surface area contributed by atoms with Crippen molar-refractivity contribution in [2.75, 3.05) is 13.2 Å². The molecule has 0 fully saturated rings. The van der Waals surface area contributed by atoms with Crippen molar-refractivity contribution in [1.29, 1.82) is 0 Å². The zero-order valence-corrected chi connectivity index (χ0v) is 12.3. The molecule has 0 heterocycles. The molecule has 2 rings (SSSR count). The molecule has 5 heteroatoms. The minimum absolute atomic E-state index is 0.0327. The summed E-state index contributed by atoms with van der Waals surface area (Å²) in [5, 5.41) is 12.7. The van der Waals surface area contributed by atoms with Crippen molar-refractivity contribution in [3.05, 3.63) is 65.5 Å². The van der Waals surface area contributed by atoms with Crippen LogP contribution in [0.4, 0.5) is 4.39 Å². The third kappa shape index (κ3) is 4.05. The second-order valence-corrected chi connectivity index (χ2v) is 4.71. The average Bonchev–Trinajstić information content (AvgIpc) is 2.54. The van der Waals surface area contributed by atoms with E-state index in [4.69, 9.17) is 4.74 Å². The van der Waals surface area contributed by atoms with Crippen molar-refractivity contribution in [2.24, 2.45) is 0 Å². The summed E-state index contributed by atoms with van der Waals surface area (Å²) in [6, 6.07) is 12.4. The first-order chi connectivity index (χ1) is 10.6. The summed E-state index contributed by atoms with van der Waals surface area (Å²) in [6.07, 6.45) is -0.899. The Hall–Kier alpha value is -2.40. The number of aliphatic hydroxyl groups is 1. The summed E-state index contributed by atoms with van der Waals surface area (Å²) >= 11 is 0. The second kappa shape index (κ2) is 7.56. The number of carbonyl (C=O) groups is 1. The second-order valence-electron chi connectivity index (χ2n) is 4.71. The summed E-state index contributed by atoms with van der Waals surface area (Å²) < 4.78 is 18.2. The number of ether oxygens (including phenoxy) is 1.